The van der Waals surface area contributed by atoms with Crippen molar-refractivity contribution in [1.29, 1.82) is 0 Å². The molecule has 2 heterocycles. The summed E-state index contributed by atoms with van der Waals surface area (Å²) in [7, 11) is 0. The highest BCUT2D eigenvalue weighted by molar-refractivity contribution is 5.68. The molecule has 1 aliphatic rings. The van der Waals surface area contributed by atoms with Gasteiger partial charge >= 0.3 is 0 Å². The van der Waals surface area contributed by atoms with E-state index in [1.54, 1.807) is 6.20 Å². The molecule has 0 unspecified atom stereocenters. The fourth-order valence-corrected chi connectivity index (χ4v) is 0.936. The molecule has 3 heteroatoms. The molecule has 0 atom stereocenters. The van der Waals surface area contributed by atoms with Gasteiger partial charge in [0.15, 0.2) is 0 Å². The second-order valence-corrected chi connectivity index (χ2v) is 2.14. The molecule has 0 amide bonds. The smallest absolute Gasteiger partial charge is 0.0629 e. The minimum Gasteiger partial charge on any atom is -0.278 e. The van der Waals surface area contributed by atoms with Crippen LogP contribution in [0.15, 0.2) is 11.2 Å². The van der Waals surface area contributed by atoms with Crippen molar-refractivity contribution in [2.45, 2.75) is 6.42 Å². The van der Waals surface area contributed by atoms with E-state index in [4.69, 9.17) is 0 Å². The molecule has 0 saturated heterocycles. The summed E-state index contributed by atoms with van der Waals surface area (Å²) in [4.78, 5) is 4.04. The quantitative estimate of drug-likeness (QED) is 0.504. The fourth-order valence-electron chi connectivity index (χ4n) is 0.936. The Morgan fingerprint density at radius 3 is 3.50 bits per heavy atom. The van der Waals surface area contributed by atoms with Crippen LogP contribution < -0.4 is 10.6 Å². The summed E-state index contributed by atoms with van der Waals surface area (Å²) >= 11 is 0. The van der Waals surface area contributed by atoms with Gasteiger partial charge < -0.3 is 0 Å². The van der Waals surface area contributed by atoms with E-state index in [-0.39, 0.29) is 0 Å². The van der Waals surface area contributed by atoms with Crippen LogP contribution in [0.25, 0.3) is 12.3 Å². The zero-order chi connectivity index (χ0) is 6.81. The highest BCUT2D eigenvalue weighted by atomic mass is 15.1. The minimum atomic E-state index is 0.881. The number of aromatic nitrogens is 2. The largest absolute Gasteiger partial charge is 0.278 e. The molecular weight excluding hydrogens is 126 g/mol. The summed E-state index contributed by atoms with van der Waals surface area (Å²) in [5, 5.41) is 8.90. The van der Waals surface area contributed by atoms with Crippen LogP contribution in [-0.2, 0) is 0 Å². The summed E-state index contributed by atoms with van der Waals surface area (Å²) in [6.45, 7) is 0. The maximum atomic E-state index is 4.04. The van der Waals surface area contributed by atoms with Crippen LogP contribution >= 0.6 is 0 Å². The molecule has 0 aromatic carbocycles. The number of H-pyrrole nitrogens is 1. The zero-order valence-electron chi connectivity index (χ0n) is 5.41. The van der Waals surface area contributed by atoms with E-state index in [9.17, 15) is 0 Å². The Hall–Kier alpha value is -1.38. The van der Waals surface area contributed by atoms with Gasteiger partial charge in [-0.2, -0.15) is 5.10 Å². The van der Waals surface area contributed by atoms with Gasteiger partial charge in [-0.3, -0.25) is 10.1 Å². The maximum Gasteiger partial charge on any atom is 0.0629 e. The van der Waals surface area contributed by atoms with Gasteiger partial charge in [0.2, 0.25) is 0 Å². The Bertz CT molecular complexity index is 358. The molecule has 1 aromatic rings. The lowest BCUT2D eigenvalue weighted by Gasteiger charge is -1.72. The first-order valence-corrected chi connectivity index (χ1v) is 3.18. The standard InChI is InChI=1S/C7H7N3/c1-2-7-6(4-8-3-1)5-9-10-7/h2-5,10H,1H2. The number of hydrogen-bond acceptors (Lipinski definition) is 2. The lowest BCUT2D eigenvalue weighted by atomic mass is 10.4. The van der Waals surface area contributed by atoms with Gasteiger partial charge in [-0.05, 0) is 0 Å². The SMILES string of the molecule is C1=NC=c2cn[nH]c2=CC1. The Balaban J connectivity index is 2.82. The summed E-state index contributed by atoms with van der Waals surface area (Å²) in [5.41, 5.74) is 0. The molecule has 0 bridgehead atoms. The van der Waals surface area contributed by atoms with E-state index in [0.717, 1.165) is 17.0 Å². The molecule has 0 spiro atoms. The number of nitrogens with zero attached hydrogens (tertiary/aromatic N) is 2. The van der Waals surface area contributed by atoms with Gasteiger partial charge in [0, 0.05) is 24.1 Å². The highest BCUT2D eigenvalue weighted by Crippen LogP contribution is 1.79. The normalized spacial score (nSPS) is 14.8. The van der Waals surface area contributed by atoms with Crippen molar-refractivity contribution in [1.82, 2.24) is 10.2 Å². The van der Waals surface area contributed by atoms with Crippen molar-refractivity contribution in [3.05, 3.63) is 16.8 Å². The van der Waals surface area contributed by atoms with Crippen LogP contribution in [-0.4, -0.2) is 16.4 Å². The molecule has 1 N–H and O–H groups in total. The molecule has 10 heavy (non-hydrogen) atoms. The van der Waals surface area contributed by atoms with Gasteiger partial charge in [-0.15, -0.1) is 0 Å². The first-order chi connectivity index (χ1) is 4.97. The first-order valence-electron chi connectivity index (χ1n) is 3.18. The molecule has 0 aliphatic carbocycles. The Labute approximate surface area is 57.8 Å². The topological polar surface area (TPSA) is 41.0 Å². The van der Waals surface area contributed by atoms with E-state index < -0.39 is 0 Å². The van der Waals surface area contributed by atoms with Crippen LogP contribution in [0.5, 0.6) is 0 Å². The molecule has 1 aromatic heterocycles. The Kier molecular flexibility index (Phi) is 1.13. The summed E-state index contributed by atoms with van der Waals surface area (Å²) in [5.74, 6) is 0. The third-order valence-electron chi connectivity index (χ3n) is 1.45. The predicted molar refractivity (Wildman–Crippen MR) is 39.9 cm³/mol. The maximum absolute atomic E-state index is 4.04. The van der Waals surface area contributed by atoms with E-state index >= 15 is 0 Å². The predicted octanol–water partition coefficient (Wildman–Crippen LogP) is -0.597. The fraction of sp³-hybridized carbons (Fsp3) is 0.143. The number of rotatable bonds is 0. The van der Waals surface area contributed by atoms with Gasteiger partial charge in [-0.1, -0.05) is 6.08 Å². The third-order valence-corrected chi connectivity index (χ3v) is 1.45. The van der Waals surface area contributed by atoms with E-state index in [1.165, 1.54) is 0 Å². The van der Waals surface area contributed by atoms with Gasteiger partial charge in [0.05, 0.1) is 11.5 Å². The van der Waals surface area contributed by atoms with Gasteiger partial charge in [0.1, 0.15) is 0 Å². The highest BCUT2D eigenvalue weighted by Gasteiger charge is 1.87. The van der Waals surface area contributed by atoms with E-state index in [0.29, 0.717) is 0 Å². The van der Waals surface area contributed by atoms with Gasteiger partial charge in [0.25, 0.3) is 0 Å². The van der Waals surface area contributed by atoms with E-state index in [2.05, 4.69) is 21.3 Å². The number of aromatic amines is 1. The number of aliphatic imine (C=N–C) groups is 1. The average molecular weight is 133 g/mol. The molecule has 2 rings (SSSR count). The van der Waals surface area contributed by atoms with Crippen LogP contribution in [0.2, 0.25) is 0 Å². The summed E-state index contributed by atoms with van der Waals surface area (Å²) in [6, 6.07) is 0. The molecular formula is C7H7N3. The Morgan fingerprint density at radius 2 is 2.50 bits per heavy atom. The van der Waals surface area contributed by atoms with Crippen LogP contribution in [0, 0.1) is 0 Å². The molecule has 1 aliphatic heterocycles. The van der Waals surface area contributed by atoms with Crippen molar-refractivity contribution < 1.29 is 0 Å². The van der Waals surface area contributed by atoms with Crippen molar-refractivity contribution in [3.8, 4) is 0 Å². The molecule has 50 valence electrons. The van der Waals surface area contributed by atoms with Crippen molar-refractivity contribution in [2.75, 3.05) is 0 Å². The number of fused-ring (bicyclic) bond motifs is 1. The number of nitrogens with one attached hydrogen (secondary N) is 1. The van der Waals surface area contributed by atoms with Crippen molar-refractivity contribution in [3.63, 3.8) is 0 Å². The second kappa shape index (κ2) is 2.10. The van der Waals surface area contributed by atoms with Crippen LogP contribution in [0.3, 0.4) is 0 Å². The Morgan fingerprint density at radius 1 is 1.50 bits per heavy atom. The lowest BCUT2D eigenvalue weighted by Crippen LogP contribution is -2.20. The van der Waals surface area contributed by atoms with E-state index in [1.807, 2.05) is 12.4 Å². The van der Waals surface area contributed by atoms with Crippen LogP contribution in [0.4, 0.5) is 0 Å². The van der Waals surface area contributed by atoms with Crippen LogP contribution in [0.1, 0.15) is 6.42 Å². The molecule has 0 saturated carbocycles. The first kappa shape index (κ1) is 5.41. The number of hydrogen-bond donors (Lipinski definition) is 1. The summed E-state index contributed by atoms with van der Waals surface area (Å²) in [6.07, 6.45) is 8.39. The zero-order valence-corrected chi connectivity index (χ0v) is 5.41. The third kappa shape index (κ3) is 0.757. The lowest BCUT2D eigenvalue weighted by molar-refractivity contribution is 1.06. The monoisotopic (exact) mass is 133 g/mol. The summed E-state index contributed by atoms with van der Waals surface area (Å²) < 4.78 is 0. The molecule has 0 fully saturated rings. The van der Waals surface area contributed by atoms with Crippen molar-refractivity contribution >= 4 is 18.5 Å². The minimum absolute atomic E-state index is 0.881. The average Bonchev–Trinajstić information content (AvgIpc) is 2.28. The molecule has 3 nitrogen and oxygen atoms in total. The second-order valence-electron chi connectivity index (χ2n) is 2.14. The van der Waals surface area contributed by atoms with Gasteiger partial charge in [-0.25, -0.2) is 0 Å². The molecule has 0 radical (unpaired) electrons. The van der Waals surface area contributed by atoms with Crippen molar-refractivity contribution in [2.24, 2.45) is 4.99 Å².